The third kappa shape index (κ3) is 4.14. The minimum Gasteiger partial charge on any atom is -0.496 e. The van der Waals surface area contributed by atoms with Crippen LogP contribution in [0.25, 0.3) is 10.9 Å². The Labute approximate surface area is 171 Å². The van der Waals surface area contributed by atoms with Crippen molar-refractivity contribution in [2.75, 3.05) is 7.11 Å². The van der Waals surface area contributed by atoms with Crippen LogP contribution in [0.4, 0.5) is 17.6 Å². The van der Waals surface area contributed by atoms with Gasteiger partial charge in [0.1, 0.15) is 11.6 Å². The van der Waals surface area contributed by atoms with Crippen LogP contribution in [0.1, 0.15) is 37.2 Å². The number of nitrogens with zero attached hydrogens (tertiary/aromatic N) is 1. The highest BCUT2D eigenvalue weighted by atomic mass is 19.4. The van der Waals surface area contributed by atoms with Gasteiger partial charge in [-0.05, 0) is 49.1 Å². The molecular weight excluding hydrogens is 400 g/mol. The molecular formula is C22H24F4N2O2. The van der Waals surface area contributed by atoms with Crippen molar-refractivity contribution in [1.29, 1.82) is 0 Å². The summed E-state index contributed by atoms with van der Waals surface area (Å²) < 4.78 is 61.2. The second-order valence-electron chi connectivity index (χ2n) is 8.26. The average molecular weight is 424 g/mol. The van der Waals surface area contributed by atoms with Crippen molar-refractivity contribution < 1.29 is 27.4 Å². The predicted octanol–water partition coefficient (Wildman–Crippen LogP) is 5.22. The normalized spacial score (nSPS) is 14.7. The Hall–Kier alpha value is -2.61. The lowest BCUT2D eigenvalue weighted by Gasteiger charge is -2.38. The van der Waals surface area contributed by atoms with E-state index in [1.54, 1.807) is 25.3 Å². The molecule has 4 nitrogen and oxygen atoms in total. The van der Waals surface area contributed by atoms with Crippen LogP contribution in [0.15, 0.2) is 36.5 Å². The Morgan fingerprint density at radius 3 is 2.43 bits per heavy atom. The molecule has 0 amide bonds. The summed E-state index contributed by atoms with van der Waals surface area (Å²) in [7, 11) is 1.36. The lowest BCUT2D eigenvalue weighted by molar-refractivity contribution is -0.266. The molecule has 8 heteroatoms. The molecule has 1 aromatic carbocycles. The maximum absolute atomic E-state index is 14.1. The number of aliphatic hydroxyl groups is 1. The smallest absolute Gasteiger partial charge is 0.417 e. The molecule has 1 atom stereocenters. The van der Waals surface area contributed by atoms with Gasteiger partial charge >= 0.3 is 6.18 Å². The number of methoxy groups -OCH3 is 1. The number of hydrogen-bond donors (Lipinski definition) is 2. The summed E-state index contributed by atoms with van der Waals surface area (Å²) in [5, 5.41) is 11.5. The fourth-order valence-corrected chi connectivity index (χ4v) is 3.96. The van der Waals surface area contributed by atoms with E-state index in [-0.39, 0.29) is 17.0 Å². The molecule has 0 aliphatic heterocycles. The molecule has 0 bridgehead atoms. The molecule has 0 fully saturated rings. The molecule has 2 N–H and O–H groups in total. The first-order valence-electron chi connectivity index (χ1n) is 9.43. The number of fused-ring (bicyclic) bond motifs is 1. The van der Waals surface area contributed by atoms with Crippen molar-refractivity contribution in [3.8, 4) is 5.75 Å². The van der Waals surface area contributed by atoms with Gasteiger partial charge in [0, 0.05) is 40.5 Å². The molecule has 0 saturated heterocycles. The van der Waals surface area contributed by atoms with E-state index in [1.165, 1.54) is 33.1 Å². The van der Waals surface area contributed by atoms with Crippen LogP contribution >= 0.6 is 0 Å². The maximum Gasteiger partial charge on any atom is 0.417 e. The fourth-order valence-electron chi connectivity index (χ4n) is 3.96. The summed E-state index contributed by atoms with van der Waals surface area (Å²) in [6, 6.07) is 6.93. The lowest BCUT2D eigenvalue weighted by atomic mass is 9.73. The average Bonchev–Trinajstić information content (AvgIpc) is 3.04. The molecule has 0 aliphatic rings. The van der Waals surface area contributed by atoms with Gasteiger partial charge in [-0.25, -0.2) is 4.39 Å². The number of aromatic nitrogens is 2. The molecule has 3 rings (SSSR count). The highest BCUT2D eigenvalue weighted by Crippen LogP contribution is 2.45. The lowest BCUT2D eigenvalue weighted by Crippen LogP contribution is -2.51. The van der Waals surface area contributed by atoms with Crippen LogP contribution in [0.5, 0.6) is 5.75 Å². The molecule has 162 valence electrons. The van der Waals surface area contributed by atoms with Gasteiger partial charge < -0.3 is 14.8 Å². The Kier molecular flexibility index (Phi) is 5.58. The fraction of sp³-hybridized carbons (Fsp3) is 0.409. The number of ether oxygens (including phenoxy) is 1. The first-order chi connectivity index (χ1) is 13.9. The van der Waals surface area contributed by atoms with E-state index in [0.717, 1.165) is 6.07 Å². The van der Waals surface area contributed by atoms with Crippen LogP contribution in [0, 0.1) is 12.7 Å². The summed E-state index contributed by atoms with van der Waals surface area (Å²) >= 11 is 0. The van der Waals surface area contributed by atoms with Gasteiger partial charge in [-0.15, -0.1) is 0 Å². The standard InChI is InChI=1S/C22H24F4N2O2/c1-13-16-10-15(28-18(16)7-8-27-13)11-21(29,22(24,25)26)12-20(2,3)17-9-14(23)5-6-19(17)30-4/h5-10,28-29H,11-12H2,1-4H3. The number of halogens is 4. The van der Waals surface area contributed by atoms with Gasteiger partial charge in [0.05, 0.1) is 7.11 Å². The van der Waals surface area contributed by atoms with E-state index < -0.39 is 35.9 Å². The number of alkyl halides is 3. The zero-order chi connectivity index (χ0) is 22.3. The molecule has 2 aromatic heterocycles. The van der Waals surface area contributed by atoms with Crippen LogP contribution in [0.2, 0.25) is 0 Å². The molecule has 0 spiro atoms. The number of aryl methyl sites for hydroxylation is 1. The minimum absolute atomic E-state index is 0.239. The largest absolute Gasteiger partial charge is 0.496 e. The first kappa shape index (κ1) is 22.1. The Balaban J connectivity index is 2.01. The van der Waals surface area contributed by atoms with Crippen molar-refractivity contribution >= 4 is 10.9 Å². The Morgan fingerprint density at radius 1 is 1.13 bits per heavy atom. The van der Waals surface area contributed by atoms with E-state index in [2.05, 4.69) is 9.97 Å². The molecule has 2 heterocycles. The van der Waals surface area contributed by atoms with Crippen molar-refractivity contribution in [3.05, 3.63) is 59.3 Å². The Bertz CT molecular complexity index is 1060. The summed E-state index contributed by atoms with van der Waals surface area (Å²) in [5.41, 5.74) is -2.46. The zero-order valence-corrected chi connectivity index (χ0v) is 17.2. The SMILES string of the molecule is COc1ccc(F)cc1C(C)(C)CC(O)(Cc1cc2c(C)nccc2[nH]1)C(F)(F)F. The van der Waals surface area contributed by atoms with Gasteiger partial charge in [-0.1, -0.05) is 13.8 Å². The summed E-state index contributed by atoms with van der Waals surface area (Å²) in [4.78, 5) is 7.07. The van der Waals surface area contributed by atoms with Crippen LogP contribution in [-0.4, -0.2) is 34.0 Å². The monoisotopic (exact) mass is 424 g/mol. The highest BCUT2D eigenvalue weighted by Gasteiger charge is 2.56. The number of H-pyrrole nitrogens is 1. The highest BCUT2D eigenvalue weighted by molar-refractivity contribution is 5.82. The summed E-state index contributed by atoms with van der Waals surface area (Å²) in [6.07, 6.45) is -4.70. The van der Waals surface area contributed by atoms with Crippen LogP contribution in [0.3, 0.4) is 0 Å². The van der Waals surface area contributed by atoms with Gasteiger partial charge in [0.2, 0.25) is 0 Å². The number of aromatic amines is 1. The third-order valence-corrected chi connectivity index (χ3v) is 5.44. The number of benzene rings is 1. The molecule has 1 unspecified atom stereocenters. The summed E-state index contributed by atoms with van der Waals surface area (Å²) in [6.45, 7) is 4.82. The van der Waals surface area contributed by atoms with E-state index in [0.29, 0.717) is 16.6 Å². The van der Waals surface area contributed by atoms with E-state index in [9.17, 15) is 22.7 Å². The quantitative estimate of drug-likeness (QED) is 0.533. The van der Waals surface area contributed by atoms with Crippen LogP contribution in [-0.2, 0) is 11.8 Å². The van der Waals surface area contributed by atoms with Crippen molar-refractivity contribution in [2.24, 2.45) is 0 Å². The van der Waals surface area contributed by atoms with Crippen molar-refractivity contribution in [3.63, 3.8) is 0 Å². The third-order valence-electron chi connectivity index (χ3n) is 5.44. The number of hydrogen-bond acceptors (Lipinski definition) is 3. The molecule has 30 heavy (non-hydrogen) atoms. The molecule has 0 aliphatic carbocycles. The molecule has 0 saturated carbocycles. The van der Waals surface area contributed by atoms with Gasteiger partial charge in [0.25, 0.3) is 0 Å². The van der Waals surface area contributed by atoms with Crippen molar-refractivity contribution in [2.45, 2.75) is 50.8 Å². The molecule has 0 radical (unpaired) electrons. The maximum atomic E-state index is 14.1. The van der Waals surface area contributed by atoms with Crippen LogP contribution < -0.4 is 4.74 Å². The van der Waals surface area contributed by atoms with E-state index >= 15 is 0 Å². The van der Waals surface area contributed by atoms with Crippen molar-refractivity contribution in [1.82, 2.24) is 9.97 Å². The second kappa shape index (κ2) is 7.58. The zero-order valence-electron chi connectivity index (χ0n) is 17.2. The summed E-state index contributed by atoms with van der Waals surface area (Å²) in [5.74, 6) is -0.328. The number of nitrogens with one attached hydrogen (secondary N) is 1. The van der Waals surface area contributed by atoms with Gasteiger partial charge in [-0.3, -0.25) is 4.98 Å². The van der Waals surface area contributed by atoms with Gasteiger partial charge in [-0.2, -0.15) is 13.2 Å². The van der Waals surface area contributed by atoms with Gasteiger partial charge in [0.15, 0.2) is 5.60 Å². The predicted molar refractivity (Wildman–Crippen MR) is 106 cm³/mol. The topological polar surface area (TPSA) is 58.1 Å². The first-order valence-corrected chi connectivity index (χ1v) is 9.43. The number of pyridine rings is 1. The van der Waals surface area contributed by atoms with E-state index in [4.69, 9.17) is 4.74 Å². The Morgan fingerprint density at radius 2 is 1.83 bits per heavy atom. The molecule has 3 aromatic rings. The minimum atomic E-state index is -4.91. The van der Waals surface area contributed by atoms with E-state index in [1.807, 2.05) is 0 Å². The number of rotatable bonds is 6. The second-order valence-corrected chi connectivity index (χ2v) is 8.26.